The quantitative estimate of drug-likeness (QED) is 0.832. The van der Waals surface area contributed by atoms with E-state index in [1.54, 1.807) is 18.2 Å². The van der Waals surface area contributed by atoms with E-state index in [0.29, 0.717) is 35.2 Å². The molecule has 1 fully saturated rings. The van der Waals surface area contributed by atoms with Gasteiger partial charge in [-0.25, -0.2) is 0 Å². The van der Waals surface area contributed by atoms with Crippen molar-refractivity contribution in [1.82, 2.24) is 0 Å². The van der Waals surface area contributed by atoms with Crippen LogP contribution < -0.4 is 4.74 Å². The molecule has 0 radical (unpaired) electrons. The maximum atomic E-state index is 12.5. The molecular weight excluding hydrogens is 324 g/mol. The highest BCUT2D eigenvalue weighted by Crippen LogP contribution is 2.36. The van der Waals surface area contributed by atoms with E-state index in [1.807, 2.05) is 6.92 Å². The van der Waals surface area contributed by atoms with Crippen LogP contribution in [0.4, 0.5) is 0 Å². The van der Waals surface area contributed by atoms with Crippen molar-refractivity contribution in [2.24, 2.45) is 11.8 Å². The van der Waals surface area contributed by atoms with Gasteiger partial charge in [0.05, 0.1) is 12.5 Å². The molecule has 108 valence electrons. The molecule has 0 heterocycles. The summed E-state index contributed by atoms with van der Waals surface area (Å²) in [6.45, 7) is 2.45. The van der Waals surface area contributed by atoms with Gasteiger partial charge in [0, 0.05) is 16.0 Å². The Bertz CT molecular complexity index is 527. The summed E-state index contributed by atoms with van der Waals surface area (Å²) in [5.74, 6) is -1.24. The lowest BCUT2D eigenvalue weighted by atomic mass is 9.88. The summed E-state index contributed by atoms with van der Waals surface area (Å²) in [6.07, 6.45) is 2.03. The van der Waals surface area contributed by atoms with Crippen LogP contribution >= 0.6 is 15.9 Å². The summed E-state index contributed by atoms with van der Waals surface area (Å²) < 4.78 is 6.03. The Morgan fingerprint density at radius 3 is 2.65 bits per heavy atom. The summed E-state index contributed by atoms with van der Waals surface area (Å²) in [5, 5.41) is 9.18. The average Bonchev–Trinajstić information content (AvgIpc) is 2.88. The van der Waals surface area contributed by atoms with E-state index in [9.17, 15) is 14.7 Å². The number of ketones is 1. The minimum absolute atomic E-state index is 0.0928. The molecule has 1 saturated carbocycles. The topological polar surface area (TPSA) is 63.6 Å². The number of ether oxygens (including phenoxy) is 1. The van der Waals surface area contributed by atoms with E-state index in [1.165, 1.54) is 0 Å². The molecule has 4 nitrogen and oxygen atoms in total. The normalized spacial score (nSPS) is 21.7. The van der Waals surface area contributed by atoms with Gasteiger partial charge in [0.1, 0.15) is 5.75 Å². The van der Waals surface area contributed by atoms with Gasteiger partial charge in [-0.3, -0.25) is 9.59 Å². The van der Waals surface area contributed by atoms with E-state index < -0.39 is 17.8 Å². The average molecular weight is 341 g/mol. The highest BCUT2D eigenvalue weighted by atomic mass is 79.9. The fourth-order valence-corrected chi connectivity index (χ4v) is 3.27. The second-order valence-corrected chi connectivity index (χ2v) is 5.78. The number of hydrogen-bond donors (Lipinski definition) is 1. The summed E-state index contributed by atoms with van der Waals surface area (Å²) >= 11 is 3.37. The molecule has 5 heteroatoms. The van der Waals surface area contributed by atoms with Gasteiger partial charge in [0.15, 0.2) is 5.78 Å². The SMILES string of the molecule is CCOc1ccc(C(=O)C2CCCC2C(=O)O)c(Br)c1. The highest BCUT2D eigenvalue weighted by Gasteiger charge is 2.38. The lowest BCUT2D eigenvalue weighted by Crippen LogP contribution is -2.25. The van der Waals surface area contributed by atoms with Crippen LogP contribution in [0.25, 0.3) is 0 Å². The van der Waals surface area contributed by atoms with E-state index in [4.69, 9.17) is 4.74 Å². The summed E-state index contributed by atoms with van der Waals surface area (Å²) in [5.41, 5.74) is 0.534. The van der Waals surface area contributed by atoms with Gasteiger partial charge >= 0.3 is 5.97 Å². The zero-order chi connectivity index (χ0) is 14.7. The molecule has 0 saturated heterocycles. The van der Waals surface area contributed by atoms with Gasteiger partial charge in [0.25, 0.3) is 0 Å². The first-order valence-corrected chi connectivity index (χ1v) is 7.53. The van der Waals surface area contributed by atoms with Crippen molar-refractivity contribution in [3.05, 3.63) is 28.2 Å². The predicted octanol–water partition coefficient (Wildman–Crippen LogP) is 3.53. The molecule has 2 atom stereocenters. The summed E-state index contributed by atoms with van der Waals surface area (Å²) in [6, 6.07) is 5.20. The van der Waals surface area contributed by atoms with E-state index in [0.717, 1.165) is 6.42 Å². The number of carboxylic acids is 1. The molecule has 0 spiro atoms. The Kier molecular flexibility index (Phi) is 4.81. The first-order valence-electron chi connectivity index (χ1n) is 6.74. The maximum Gasteiger partial charge on any atom is 0.307 e. The fourth-order valence-electron chi connectivity index (χ4n) is 2.72. The van der Waals surface area contributed by atoms with Crippen LogP contribution in [-0.2, 0) is 4.79 Å². The number of benzene rings is 1. The maximum absolute atomic E-state index is 12.5. The Morgan fingerprint density at radius 2 is 2.05 bits per heavy atom. The Balaban J connectivity index is 2.22. The Morgan fingerprint density at radius 1 is 1.35 bits per heavy atom. The standard InChI is InChI=1S/C15H17BrO4/c1-2-20-9-6-7-12(13(16)8-9)14(17)10-4-3-5-11(10)15(18)19/h6-8,10-11H,2-5H2,1H3,(H,18,19). The number of hydrogen-bond acceptors (Lipinski definition) is 3. The molecule has 0 aromatic heterocycles. The second-order valence-electron chi connectivity index (χ2n) is 4.92. The van der Waals surface area contributed by atoms with Crippen LogP contribution in [-0.4, -0.2) is 23.5 Å². The van der Waals surface area contributed by atoms with E-state index >= 15 is 0 Å². The highest BCUT2D eigenvalue weighted by molar-refractivity contribution is 9.10. The van der Waals surface area contributed by atoms with Crippen molar-refractivity contribution >= 4 is 27.7 Å². The van der Waals surface area contributed by atoms with Gasteiger partial charge < -0.3 is 9.84 Å². The number of carboxylic acid groups (broad SMARTS) is 1. The van der Waals surface area contributed by atoms with Crippen LogP contribution in [0.15, 0.2) is 22.7 Å². The number of rotatable bonds is 5. The molecule has 0 bridgehead atoms. The summed E-state index contributed by atoms with van der Waals surface area (Å²) in [4.78, 5) is 23.7. The first kappa shape index (κ1) is 15.0. The smallest absolute Gasteiger partial charge is 0.307 e. The van der Waals surface area contributed by atoms with E-state index in [-0.39, 0.29) is 5.78 Å². The van der Waals surface area contributed by atoms with Crippen LogP contribution in [0.5, 0.6) is 5.75 Å². The van der Waals surface area contributed by atoms with Gasteiger partial charge in [-0.1, -0.05) is 6.42 Å². The van der Waals surface area contributed by atoms with Crippen LogP contribution in [0.3, 0.4) is 0 Å². The fraction of sp³-hybridized carbons (Fsp3) is 0.467. The van der Waals surface area contributed by atoms with Crippen molar-refractivity contribution in [2.45, 2.75) is 26.2 Å². The summed E-state index contributed by atoms with van der Waals surface area (Å²) in [7, 11) is 0. The molecule has 2 unspecified atom stereocenters. The Labute approximate surface area is 126 Å². The number of halogens is 1. The zero-order valence-corrected chi connectivity index (χ0v) is 12.9. The lowest BCUT2D eigenvalue weighted by molar-refractivity contribution is -0.142. The van der Waals surface area contributed by atoms with Crippen LogP contribution in [0, 0.1) is 11.8 Å². The third kappa shape index (κ3) is 3.03. The van der Waals surface area contributed by atoms with Crippen molar-refractivity contribution in [3.63, 3.8) is 0 Å². The molecule has 1 N–H and O–H groups in total. The molecular formula is C15H17BrO4. The van der Waals surface area contributed by atoms with Crippen molar-refractivity contribution in [1.29, 1.82) is 0 Å². The van der Waals surface area contributed by atoms with Crippen LogP contribution in [0.1, 0.15) is 36.5 Å². The number of aliphatic carboxylic acids is 1. The molecule has 1 aliphatic rings. The molecule has 1 aromatic carbocycles. The van der Waals surface area contributed by atoms with Gasteiger partial charge in [-0.05, 0) is 53.9 Å². The lowest BCUT2D eigenvalue weighted by Gasteiger charge is -2.16. The molecule has 2 rings (SSSR count). The monoisotopic (exact) mass is 340 g/mol. The number of carbonyl (C=O) groups is 2. The van der Waals surface area contributed by atoms with Gasteiger partial charge in [-0.2, -0.15) is 0 Å². The largest absolute Gasteiger partial charge is 0.494 e. The molecule has 1 aromatic rings. The van der Waals surface area contributed by atoms with Crippen molar-refractivity contribution in [2.75, 3.05) is 6.61 Å². The third-order valence-electron chi connectivity index (χ3n) is 3.69. The second kappa shape index (κ2) is 6.39. The van der Waals surface area contributed by atoms with Crippen molar-refractivity contribution < 1.29 is 19.4 Å². The minimum Gasteiger partial charge on any atom is -0.494 e. The molecule has 0 amide bonds. The third-order valence-corrected chi connectivity index (χ3v) is 4.34. The number of Topliss-reactive ketones (excluding diaryl/α,β-unsaturated/α-hetero) is 1. The van der Waals surface area contributed by atoms with E-state index in [2.05, 4.69) is 15.9 Å². The zero-order valence-electron chi connectivity index (χ0n) is 11.3. The first-order chi connectivity index (χ1) is 9.54. The molecule has 20 heavy (non-hydrogen) atoms. The number of carbonyl (C=O) groups excluding carboxylic acids is 1. The van der Waals surface area contributed by atoms with Gasteiger partial charge in [-0.15, -0.1) is 0 Å². The minimum atomic E-state index is -0.872. The Hall–Kier alpha value is -1.36. The van der Waals surface area contributed by atoms with Crippen molar-refractivity contribution in [3.8, 4) is 5.75 Å². The molecule has 0 aliphatic heterocycles. The van der Waals surface area contributed by atoms with Gasteiger partial charge in [0.2, 0.25) is 0 Å². The predicted molar refractivity (Wildman–Crippen MR) is 78.1 cm³/mol. The molecule has 1 aliphatic carbocycles. The van der Waals surface area contributed by atoms with Crippen LogP contribution in [0.2, 0.25) is 0 Å².